The fourth-order valence-corrected chi connectivity index (χ4v) is 2.19. The number of hydrogen-bond donors (Lipinski definition) is 1. The number of benzene rings is 1. The van der Waals surface area contributed by atoms with Crippen LogP contribution >= 0.6 is 0 Å². The van der Waals surface area contributed by atoms with E-state index in [1.807, 2.05) is 0 Å². The van der Waals surface area contributed by atoms with Crippen LogP contribution < -0.4 is 5.32 Å². The van der Waals surface area contributed by atoms with E-state index in [1.54, 1.807) is 6.07 Å². The number of rotatable bonds is 6. The second-order valence-corrected chi connectivity index (χ2v) is 5.70. The fourth-order valence-electron chi connectivity index (χ4n) is 2.19. The molecule has 0 unspecified atom stereocenters. The van der Waals surface area contributed by atoms with Gasteiger partial charge in [-0.1, -0.05) is 33.8 Å². The zero-order valence-corrected chi connectivity index (χ0v) is 11.6. The first-order valence-corrected chi connectivity index (χ1v) is 6.60. The molecule has 102 valence electrons. The van der Waals surface area contributed by atoms with E-state index >= 15 is 0 Å². The minimum Gasteiger partial charge on any atom is -0.380 e. The van der Waals surface area contributed by atoms with Crippen LogP contribution in [-0.4, -0.2) is 6.04 Å². The molecule has 0 amide bonds. The average Bonchev–Trinajstić information content (AvgIpc) is 2.23. The molecule has 1 nitrogen and oxygen atoms in total. The highest BCUT2D eigenvalue weighted by molar-refractivity contribution is 5.45. The first kappa shape index (κ1) is 14.9. The Balaban J connectivity index is 2.78. The van der Waals surface area contributed by atoms with Crippen molar-refractivity contribution >= 4 is 5.69 Å². The second kappa shape index (κ2) is 6.72. The summed E-state index contributed by atoms with van der Waals surface area (Å²) < 4.78 is 26.7. The lowest BCUT2D eigenvalue weighted by Crippen LogP contribution is -2.24. The molecular weight excluding hydrogens is 232 g/mol. The van der Waals surface area contributed by atoms with Gasteiger partial charge in [0.15, 0.2) is 11.6 Å². The molecule has 0 radical (unpaired) electrons. The minimum atomic E-state index is -0.798. The van der Waals surface area contributed by atoms with Crippen LogP contribution in [0.15, 0.2) is 18.2 Å². The summed E-state index contributed by atoms with van der Waals surface area (Å²) in [5, 5.41) is 3.14. The monoisotopic (exact) mass is 255 g/mol. The van der Waals surface area contributed by atoms with Crippen LogP contribution in [0.2, 0.25) is 0 Å². The minimum absolute atomic E-state index is 0.182. The number of nitrogens with one attached hydrogen (secondary N) is 1. The molecule has 1 N–H and O–H groups in total. The SMILES string of the molecule is CC(C)CC(CC(C)C)Nc1cccc(F)c1F. The van der Waals surface area contributed by atoms with E-state index < -0.39 is 11.6 Å². The molecule has 0 heterocycles. The molecule has 0 aliphatic heterocycles. The zero-order chi connectivity index (χ0) is 13.7. The molecule has 1 aromatic carbocycles. The van der Waals surface area contributed by atoms with E-state index in [1.165, 1.54) is 6.07 Å². The fraction of sp³-hybridized carbons (Fsp3) is 0.600. The topological polar surface area (TPSA) is 12.0 Å². The highest BCUT2D eigenvalue weighted by Crippen LogP contribution is 2.22. The van der Waals surface area contributed by atoms with Crippen molar-refractivity contribution in [3.8, 4) is 0 Å². The number of hydrogen-bond acceptors (Lipinski definition) is 1. The quantitative estimate of drug-likeness (QED) is 0.767. The van der Waals surface area contributed by atoms with Crippen molar-refractivity contribution in [2.75, 3.05) is 5.32 Å². The van der Waals surface area contributed by atoms with Gasteiger partial charge in [0.25, 0.3) is 0 Å². The van der Waals surface area contributed by atoms with Crippen LogP contribution in [-0.2, 0) is 0 Å². The lowest BCUT2D eigenvalue weighted by atomic mass is 9.95. The summed E-state index contributed by atoms with van der Waals surface area (Å²) in [5.41, 5.74) is 0.265. The van der Waals surface area contributed by atoms with Crippen molar-refractivity contribution < 1.29 is 8.78 Å². The van der Waals surface area contributed by atoms with E-state index in [0.717, 1.165) is 18.9 Å². The van der Waals surface area contributed by atoms with Gasteiger partial charge in [-0.15, -0.1) is 0 Å². The maximum absolute atomic E-state index is 13.6. The van der Waals surface area contributed by atoms with Crippen LogP contribution in [0.3, 0.4) is 0 Å². The lowest BCUT2D eigenvalue weighted by molar-refractivity contribution is 0.438. The maximum atomic E-state index is 13.6. The standard InChI is InChI=1S/C15H23F2N/c1-10(2)8-12(9-11(3)4)18-14-7-5-6-13(16)15(14)17/h5-7,10-12,18H,8-9H2,1-4H3. The molecular formula is C15H23F2N. The highest BCUT2D eigenvalue weighted by atomic mass is 19.2. The van der Waals surface area contributed by atoms with Gasteiger partial charge in [0.1, 0.15) is 0 Å². The summed E-state index contributed by atoms with van der Waals surface area (Å²) in [6.45, 7) is 8.54. The third-order valence-corrected chi connectivity index (χ3v) is 2.82. The number of anilines is 1. The van der Waals surface area contributed by atoms with Crippen molar-refractivity contribution in [1.82, 2.24) is 0 Å². The molecule has 0 bridgehead atoms. The molecule has 0 aliphatic carbocycles. The molecule has 1 aromatic rings. The molecule has 0 saturated carbocycles. The molecule has 1 rings (SSSR count). The van der Waals surface area contributed by atoms with E-state index in [4.69, 9.17) is 0 Å². The van der Waals surface area contributed by atoms with Gasteiger partial charge in [0.2, 0.25) is 0 Å². The van der Waals surface area contributed by atoms with Crippen molar-refractivity contribution in [2.45, 2.75) is 46.6 Å². The Morgan fingerprint density at radius 2 is 1.56 bits per heavy atom. The summed E-state index contributed by atoms with van der Waals surface area (Å²) >= 11 is 0. The zero-order valence-electron chi connectivity index (χ0n) is 11.6. The van der Waals surface area contributed by atoms with Gasteiger partial charge < -0.3 is 5.32 Å². The summed E-state index contributed by atoms with van der Waals surface area (Å²) in [6, 6.07) is 4.44. The first-order chi connectivity index (χ1) is 8.40. The van der Waals surface area contributed by atoms with Gasteiger partial charge >= 0.3 is 0 Å². The summed E-state index contributed by atoms with van der Waals surface area (Å²) in [7, 11) is 0. The van der Waals surface area contributed by atoms with Gasteiger partial charge in [-0.05, 0) is 36.8 Å². The van der Waals surface area contributed by atoms with Crippen molar-refractivity contribution in [3.05, 3.63) is 29.8 Å². The predicted octanol–water partition coefficient (Wildman–Crippen LogP) is 4.84. The largest absolute Gasteiger partial charge is 0.380 e. The van der Waals surface area contributed by atoms with Gasteiger partial charge in [0, 0.05) is 6.04 Å². The average molecular weight is 255 g/mol. The van der Waals surface area contributed by atoms with Crippen LogP contribution in [0.5, 0.6) is 0 Å². The van der Waals surface area contributed by atoms with Gasteiger partial charge in [0.05, 0.1) is 5.69 Å². The Bertz CT molecular complexity index is 365. The highest BCUT2D eigenvalue weighted by Gasteiger charge is 2.15. The smallest absolute Gasteiger partial charge is 0.181 e. The van der Waals surface area contributed by atoms with Gasteiger partial charge in [-0.25, -0.2) is 8.78 Å². The molecule has 0 aromatic heterocycles. The second-order valence-electron chi connectivity index (χ2n) is 5.70. The Hall–Kier alpha value is -1.12. The summed E-state index contributed by atoms with van der Waals surface area (Å²) in [5.74, 6) is -0.529. The Morgan fingerprint density at radius 1 is 1.00 bits per heavy atom. The van der Waals surface area contributed by atoms with Gasteiger partial charge in [-0.3, -0.25) is 0 Å². The summed E-state index contributed by atoms with van der Waals surface area (Å²) in [6.07, 6.45) is 1.91. The molecule has 0 atom stereocenters. The van der Waals surface area contributed by atoms with E-state index in [0.29, 0.717) is 11.8 Å². The third kappa shape index (κ3) is 4.63. The molecule has 3 heteroatoms. The van der Waals surface area contributed by atoms with Crippen LogP contribution in [0.1, 0.15) is 40.5 Å². The van der Waals surface area contributed by atoms with Crippen LogP contribution in [0, 0.1) is 23.5 Å². The molecule has 0 fully saturated rings. The van der Waals surface area contributed by atoms with Crippen molar-refractivity contribution in [2.24, 2.45) is 11.8 Å². The molecule has 18 heavy (non-hydrogen) atoms. The number of halogens is 2. The Morgan fingerprint density at radius 3 is 2.06 bits per heavy atom. The molecule has 0 spiro atoms. The van der Waals surface area contributed by atoms with E-state index in [2.05, 4.69) is 33.0 Å². The molecule has 0 aliphatic rings. The van der Waals surface area contributed by atoms with E-state index in [9.17, 15) is 8.78 Å². The Labute approximate surface area is 109 Å². The van der Waals surface area contributed by atoms with Crippen molar-refractivity contribution in [3.63, 3.8) is 0 Å². The first-order valence-electron chi connectivity index (χ1n) is 6.60. The van der Waals surface area contributed by atoms with Crippen LogP contribution in [0.25, 0.3) is 0 Å². The normalized spacial score (nSPS) is 11.6. The van der Waals surface area contributed by atoms with Crippen molar-refractivity contribution in [1.29, 1.82) is 0 Å². The maximum Gasteiger partial charge on any atom is 0.181 e. The predicted molar refractivity (Wildman–Crippen MR) is 72.7 cm³/mol. The van der Waals surface area contributed by atoms with Gasteiger partial charge in [-0.2, -0.15) is 0 Å². The Kier molecular flexibility index (Phi) is 5.57. The van der Waals surface area contributed by atoms with E-state index in [-0.39, 0.29) is 11.7 Å². The van der Waals surface area contributed by atoms with Crippen LogP contribution in [0.4, 0.5) is 14.5 Å². The molecule has 0 saturated heterocycles. The lowest BCUT2D eigenvalue weighted by Gasteiger charge is -2.23. The summed E-state index contributed by atoms with van der Waals surface area (Å²) in [4.78, 5) is 0. The third-order valence-electron chi connectivity index (χ3n) is 2.82.